The van der Waals surface area contributed by atoms with Crippen molar-refractivity contribution >= 4 is 27.5 Å². The van der Waals surface area contributed by atoms with Gasteiger partial charge in [0.15, 0.2) is 11.5 Å². The standard InChI is InChI=1S/C21H22N2O3S/c1-25-17-11-10-14(13-18(17)26-2)21(24)23-12-6-5-8-16(23)20-22-15-7-3-4-9-19(15)27-20/h3-4,7,9-11,13,16H,5-6,8,12H2,1-2H3. The van der Waals surface area contributed by atoms with Crippen LogP contribution in [0.3, 0.4) is 0 Å². The van der Waals surface area contributed by atoms with Gasteiger partial charge < -0.3 is 14.4 Å². The molecule has 4 rings (SSSR count). The molecule has 0 spiro atoms. The number of ether oxygens (including phenoxy) is 2. The first-order chi connectivity index (χ1) is 13.2. The number of thiazole rings is 1. The van der Waals surface area contributed by atoms with E-state index in [0.29, 0.717) is 17.1 Å². The number of piperidine rings is 1. The first kappa shape index (κ1) is 17.8. The lowest BCUT2D eigenvalue weighted by atomic mass is 10.0. The van der Waals surface area contributed by atoms with Gasteiger partial charge in [0.25, 0.3) is 5.91 Å². The summed E-state index contributed by atoms with van der Waals surface area (Å²) in [7, 11) is 3.17. The number of rotatable bonds is 4. The van der Waals surface area contributed by atoms with E-state index in [2.05, 4.69) is 6.07 Å². The molecule has 2 heterocycles. The van der Waals surface area contributed by atoms with Gasteiger partial charge >= 0.3 is 0 Å². The van der Waals surface area contributed by atoms with Crippen LogP contribution in [0.2, 0.25) is 0 Å². The molecule has 3 aromatic rings. The van der Waals surface area contributed by atoms with Crippen molar-refractivity contribution in [2.24, 2.45) is 0 Å². The molecule has 1 aliphatic heterocycles. The fourth-order valence-corrected chi connectivity index (χ4v) is 4.71. The Bertz CT molecular complexity index is 936. The molecule has 1 atom stereocenters. The second-order valence-corrected chi connectivity index (χ2v) is 7.66. The maximum Gasteiger partial charge on any atom is 0.254 e. The minimum atomic E-state index is 0.0138. The fourth-order valence-electron chi connectivity index (χ4n) is 3.60. The van der Waals surface area contributed by atoms with Crippen molar-refractivity contribution in [1.29, 1.82) is 0 Å². The molecular weight excluding hydrogens is 360 g/mol. The van der Waals surface area contributed by atoms with Crippen molar-refractivity contribution in [1.82, 2.24) is 9.88 Å². The van der Waals surface area contributed by atoms with Gasteiger partial charge in [0.2, 0.25) is 0 Å². The SMILES string of the molecule is COc1ccc(C(=O)N2CCCCC2c2nc3ccccc3s2)cc1OC. The molecular formula is C21H22N2O3S. The van der Waals surface area contributed by atoms with E-state index in [1.807, 2.05) is 23.1 Å². The topological polar surface area (TPSA) is 51.7 Å². The molecule has 0 bridgehead atoms. The Balaban J connectivity index is 1.66. The van der Waals surface area contributed by atoms with Crippen LogP contribution in [0.5, 0.6) is 11.5 Å². The van der Waals surface area contributed by atoms with Crippen LogP contribution in [-0.4, -0.2) is 36.6 Å². The Hall–Kier alpha value is -2.60. The maximum atomic E-state index is 13.3. The molecule has 0 radical (unpaired) electrons. The fraction of sp³-hybridized carbons (Fsp3) is 0.333. The third-order valence-corrected chi connectivity index (χ3v) is 6.13. The first-order valence-corrected chi connectivity index (χ1v) is 9.91. The second-order valence-electron chi connectivity index (χ2n) is 6.60. The van der Waals surface area contributed by atoms with Gasteiger partial charge in [-0.1, -0.05) is 12.1 Å². The van der Waals surface area contributed by atoms with Crippen molar-refractivity contribution in [3.8, 4) is 11.5 Å². The average molecular weight is 382 g/mol. The first-order valence-electron chi connectivity index (χ1n) is 9.09. The molecule has 140 valence electrons. The Labute approximate surface area is 162 Å². The highest BCUT2D eigenvalue weighted by Gasteiger charge is 2.31. The van der Waals surface area contributed by atoms with Crippen molar-refractivity contribution in [2.75, 3.05) is 20.8 Å². The van der Waals surface area contributed by atoms with E-state index in [0.717, 1.165) is 41.0 Å². The average Bonchev–Trinajstić information content (AvgIpc) is 3.16. The number of hydrogen-bond acceptors (Lipinski definition) is 5. The van der Waals surface area contributed by atoms with Crippen LogP contribution in [0.25, 0.3) is 10.2 Å². The highest BCUT2D eigenvalue weighted by atomic mass is 32.1. The second kappa shape index (κ2) is 7.56. The number of aromatic nitrogens is 1. The summed E-state index contributed by atoms with van der Waals surface area (Å²) in [6.07, 6.45) is 3.07. The number of carbonyl (C=O) groups is 1. The Morgan fingerprint density at radius 3 is 2.70 bits per heavy atom. The predicted octanol–water partition coefficient (Wildman–Crippen LogP) is 4.68. The summed E-state index contributed by atoms with van der Waals surface area (Å²) in [5.41, 5.74) is 1.61. The molecule has 1 fully saturated rings. The van der Waals surface area contributed by atoms with Crippen LogP contribution >= 0.6 is 11.3 Å². The van der Waals surface area contributed by atoms with E-state index >= 15 is 0 Å². The summed E-state index contributed by atoms with van der Waals surface area (Å²) < 4.78 is 11.8. The van der Waals surface area contributed by atoms with E-state index in [1.54, 1.807) is 43.8 Å². The molecule has 0 aliphatic carbocycles. The number of para-hydroxylation sites is 1. The summed E-state index contributed by atoms with van der Waals surface area (Å²) in [6, 6.07) is 13.5. The van der Waals surface area contributed by atoms with Crippen LogP contribution in [0.1, 0.15) is 40.7 Å². The van der Waals surface area contributed by atoms with E-state index < -0.39 is 0 Å². The summed E-state index contributed by atoms with van der Waals surface area (Å²) in [5, 5.41) is 1.02. The lowest BCUT2D eigenvalue weighted by molar-refractivity contribution is 0.0611. The number of hydrogen-bond donors (Lipinski definition) is 0. The van der Waals surface area contributed by atoms with E-state index in [1.165, 1.54) is 0 Å². The number of likely N-dealkylation sites (tertiary alicyclic amines) is 1. The summed E-state index contributed by atoms with van der Waals surface area (Å²) in [5.74, 6) is 1.20. The minimum Gasteiger partial charge on any atom is -0.493 e. The van der Waals surface area contributed by atoms with Gasteiger partial charge in [0, 0.05) is 12.1 Å². The lowest BCUT2D eigenvalue weighted by Gasteiger charge is -2.34. The third kappa shape index (κ3) is 3.37. The zero-order valence-corrected chi connectivity index (χ0v) is 16.3. The quantitative estimate of drug-likeness (QED) is 0.657. The van der Waals surface area contributed by atoms with E-state index in [9.17, 15) is 4.79 Å². The number of carbonyl (C=O) groups excluding carboxylic acids is 1. The molecule has 0 N–H and O–H groups in total. The van der Waals surface area contributed by atoms with Gasteiger partial charge in [-0.15, -0.1) is 11.3 Å². The molecule has 1 aromatic heterocycles. The van der Waals surface area contributed by atoms with Gasteiger partial charge in [-0.25, -0.2) is 4.98 Å². The molecule has 27 heavy (non-hydrogen) atoms. The normalized spacial score (nSPS) is 17.1. The monoisotopic (exact) mass is 382 g/mol. The third-order valence-electron chi connectivity index (χ3n) is 4.99. The molecule has 0 saturated carbocycles. The molecule has 1 aliphatic rings. The van der Waals surface area contributed by atoms with Crippen molar-refractivity contribution in [3.63, 3.8) is 0 Å². The lowest BCUT2D eigenvalue weighted by Crippen LogP contribution is -2.38. The van der Waals surface area contributed by atoms with Crippen LogP contribution in [-0.2, 0) is 0 Å². The molecule has 6 heteroatoms. The Kier molecular flexibility index (Phi) is 4.99. The zero-order valence-electron chi connectivity index (χ0n) is 15.5. The molecule has 1 unspecified atom stereocenters. The number of benzene rings is 2. The number of methoxy groups -OCH3 is 2. The smallest absolute Gasteiger partial charge is 0.254 e. The van der Waals surface area contributed by atoms with Crippen LogP contribution < -0.4 is 9.47 Å². The van der Waals surface area contributed by atoms with Crippen molar-refractivity contribution in [2.45, 2.75) is 25.3 Å². The highest BCUT2D eigenvalue weighted by Crippen LogP contribution is 2.37. The number of nitrogens with zero attached hydrogens (tertiary/aromatic N) is 2. The summed E-state index contributed by atoms with van der Waals surface area (Å²) >= 11 is 1.68. The molecule has 1 saturated heterocycles. The van der Waals surface area contributed by atoms with Crippen LogP contribution in [0.15, 0.2) is 42.5 Å². The number of fused-ring (bicyclic) bond motifs is 1. The van der Waals surface area contributed by atoms with E-state index in [4.69, 9.17) is 14.5 Å². The summed E-state index contributed by atoms with van der Waals surface area (Å²) in [6.45, 7) is 0.744. The minimum absolute atomic E-state index is 0.0138. The zero-order chi connectivity index (χ0) is 18.8. The molecule has 5 nitrogen and oxygen atoms in total. The van der Waals surface area contributed by atoms with Crippen LogP contribution in [0.4, 0.5) is 0 Å². The van der Waals surface area contributed by atoms with Gasteiger partial charge in [0.1, 0.15) is 5.01 Å². The molecule has 1 amide bonds. The van der Waals surface area contributed by atoms with Gasteiger partial charge in [-0.05, 0) is 49.6 Å². The molecule has 2 aromatic carbocycles. The van der Waals surface area contributed by atoms with Gasteiger partial charge in [-0.2, -0.15) is 0 Å². The summed E-state index contributed by atoms with van der Waals surface area (Å²) in [4.78, 5) is 20.0. The largest absolute Gasteiger partial charge is 0.493 e. The van der Waals surface area contributed by atoms with Crippen molar-refractivity contribution in [3.05, 3.63) is 53.0 Å². The maximum absolute atomic E-state index is 13.3. The predicted molar refractivity (Wildman–Crippen MR) is 107 cm³/mol. The Morgan fingerprint density at radius 1 is 1.11 bits per heavy atom. The highest BCUT2D eigenvalue weighted by molar-refractivity contribution is 7.18. The van der Waals surface area contributed by atoms with E-state index in [-0.39, 0.29) is 11.9 Å². The number of amides is 1. The van der Waals surface area contributed by atoms with Gasteiger partial charge in [-0.3, -0.25) is 4.79 Å². The van der Waals surface area contributed by atoms with Crippen molar-refractivity contribution < 1.29 is 14.3 Å². The van der Waals surface area contributed by atoms with Crippen LogP contribution in [0, 0.1) is 0 Å². The van der Waals surface area contributed by atoms with Gasteiger partial charge in [0.05, 0.1) is 30.5 Å². The Morgan fingerprint density at radius 2 is 1.93 bits per heavy atom.